The predicted molar refractivity (Wildman–Crippen MR) is 53.1 cm³/mol. The third-order valence-electron chi connectivity index (χ3n) is 3.73. The highest BCUT2D eigenvalue weighted by Gasteiger charge is 2.24. The molecule has 70 valence electrons. The molecule has 12 heavy (non-hydrogen) atoms. The van der Waals surface area contributed by atoms with E-state index in [1.165, 1.54) is 51.4 Å². The molecular weight excluding hydrogens is 144 g/mol. The first-order valence-electron chi connectivity index (χ1n) is 6.16. The minimum atomic E-state index is -0.101. The Bertz CT molecular complexity index is 156. The molecule has 0 radical (unpaired) electrons. The van der Waals surface area contributed by atoms with Gasteiger partial charge in [-0.2, -0.15) is 0 Å². The summed E-state index contributed by atoms with van der Waals surface area (Å²) in [5, 5.41) is 0. The van der Waals surface area contributed by atoms with Gasteiger partial charge in [0, 0.05) is 1.37 Å². The van der Waals surface area contributed by atoms with Gasteiger partial charge in [-0.1, -0.05) is 45.4 Å². The molecule has 2 rings (SSSR count). The molecule has 0 nitrogen and oxygen atoms in total. The molecule has 2 bridgehead atoms. The van der Waals surface area contributed by atoms with Crippen molar-refractivity contribution in [2.24, 2.45) is 17.7 Å². The first kappa shape index (κ1) is 7.41. The SMILES string of the molecule is [2H]C1(C)CC2CCCCC(CC2)C1. The molecule has 2 atom stereocenters. The van der Waals surface area contributed by atoms with E-state index in [4.69, 9.17) is 1.37 Å². The number of rotatable bonds is 0. The van der Waals surface area contributed by atoms with Gasteiger partial charge in [0.25, 0.3) is 0 Å². The molecule has 0 amide bonds. The summed E-state index contributed by atoms with van der Waals surface area (Å²) in [6.07, 6.45) is 10.8. The lowest BCUT2D eigenvalue weighted by Gasteiger charge is -2.19. The molecule has 0 aromatic carbocycles. The summed E-state index contributed by atoms with van der Waals surface area (Å²) >= 11 is 0. The van der Waals surface area contributed by atoms with E-state index in [0.717, 1.165) is 11.8 Å². The van der Waals surface area contributed by atoms with Crippen LogP contribution in [0.25, 0.3) is 0 Å². The Balaban J connectivity index is 2.10. The maximum absolute atomic E-state index is 8.26. The minimum absolute atomic E-state index is 0.101. The van der Waals surface area contributed by atoms with Gasteiger partial charge < -0.3 is 0 Å². The van der Waals surface area contributed by atoms with E-state index in [-0.39, 0.29) is 5.89 Å². The fourth-order valence-corrected chi connectivity index (χ4v) is 3.10. The molecule has 2 saturated carbocycles. The Morgan fingerprint density at radius 3 is 1.92 bits per heavy atom. The van der Waals surface area contributed by atoms with Crippen LogP contribution in [0, 0.1) is 17.7 Å². The molecular formula is C12H22. The van der Waals surface area contributed by atoms with Gasteiger partial charge in [0.15, 0.2) is 0 Å². The fourth-order valence-electron chi connectivity index (χ4n) is 3.10. The van der Waals surface area contributed by atoms with Gasteiger partial charge in [-0.25, -0.2) is 0 Å². The van der Waals surface area contributed by atoms with Gasteiger partial charge in [0.2, 0.25) is 0 Å². The highest BCUT2D eigenvalue weighted by molar-refractivity contribution is 4.77. The third-order valence-corrected chi connectivity index (χ3v) is 3.73. The molecule has 2 unspecified atom stereocenters. The van der Waals surface area contributed by atoms with E-state index in [1.54, 1.807) is 0 Å². The zero-order valence-electron chi connectivity index (χ0n) is 9.31. The molecule has 0 heterocycles. The first-order valence-corrected chi connectivity index (χ1v) is 5.66. The van der Waals surface area contributed by atoms with Crippen molar-refractivity contribution in [3.8, 4) is 0 Å². The van der Waals surface area contributed by atoms with E-state index >= 15 is 0 Å². The van der Waals surface area contributed by atoms with Crippen LogP contribution in [-0.2, 0) is 0 Å². The second kappa shape index (κ2) is 3.81. The minimum Gasteiger partial charge on any atom is -0.0625 e. The van der Waals surface area contributed by atoms with Crippen LogP contribution in [0.15, 0.2) is 0 Å². The Kier molecular flexibility index (Phi) is 2.35. The maximum atomic E-state index is 8.26. The summed E-state index contributed by atoms with van der Waals surface area (Å²) in [5.41, 5.74) is 0. The number of fused-ring (bicyclic) bond motifs is 3. The summed E-state index contributed by atoms with van der Waals surface area (Å²) < 4.78 is 8.26. The van der Waals surface area contributed by atoms with E-state index in [2.05, 4.69) is 6.92 Å². The van der Waals surface area contributed by atoms with Crippen molar-refractivity contribution in [3.63, 3.8) is 0 Å². The average molecular weight is 167 g/mol. The van der Waals surface area contributed by atoms with Gasteiger partial charge in [-0.05, 0) is 30.6 Å². The lowest BCUT2D eigenvalue weighted by atomic mass is 9.87. The number of hydrogen-bond acceptors (Lipinski definition) is 0. The van der Waals surface area contributed by atoms with E-state index < -0.39 is 0 Å². The first-order chi connectivity index (χ1) is 6.16. The summed E-state index contributed by atoms with van der Waals surface area (Å²) in [5.74, 6) is 1.66. The van der Waals surface area contributed by atoms with Gasteiger partial charge in [0.1, 0.15) is 0 Å². The van der Waals surface area contributed by atoms with Crippen molar-refractivity contribution in [3.05, 3.63) is 0 Å². The Hall–Kier alpha value is 0. The Morgan fingerprint density at radius 2 is 1.42 bits per heavy atom. The van der Waals surface area contributed by atoms with Gasteiger partial charge in [0.05, 0.1) is 0 Å². The smallest absolute Gasteiger partial charge is 0.0300 e. The van der Waals surface area contributed by atoms with Crippen LogP contribution in [-0.4, -0.2) is 0 Å². The highest BCUT2D eigenvalue weighted by Crippen LogP contribution is 2.38. The monoisotopic (exact) mass is 167 g/mol. The van der Waals surface area contributed by atoms with Crippen LogP contribution < -0.4 is 0 Å². The standard InChI is InChI=1S/C12H22/c1-10-8-11-4-2-3-5-12(9-10)7-6-11/h10-12H,2-9H2,1H3/i10D. The summed E-state index contributed by atoms with van der Waals surface area (Å²) in [6, 6.07) is 0. The van der Waals surface area contributed by atoms with Crippen LogP contribution in [0.4, 0.5) is 0 Å². The Morgan fingerprint density at radius 1 is 0.917 bits per heavy atom. The molecule has 0 aliphatic heterocycles. The molecule has 0 N–H and O–H groups in total. The molecule has 2 fully saturated rings. The summed E-state index contributed by atoms with van der Waals surface area (Å²) in [7, 11) is 0. The van der Waals surface area contributed by atoms with E-state index in [9.17, 15) is 0 Å². The highest BCUT2D eigenvalue weighted by atomic mass is 14.3. The summed E-state index contributed by atoms with van der Waals surface area (Å²) in [4.78, 5) is 0. The van der Waals surface area contributed by atoms with E-state index in [1.807, 2.05) is 0 Å². The molecule has 0 aromatic heterocycles. The lowest BCUT2D eigenvalue weighted by Crippen LogP contribution is -2.04. The van der Waals surface area contributed by atoms with Gasteiger partial charge >= 0.3 is 0 Å². The van der Waals surface area contributed by atoms with Crippen LogP contribution in [0.5, 0.6) is 0 Å². The van der Waals surface area contributed by atoms with Crippen LogP contribution >= 0.6 is 0 Å². The zero-order chi connectivity index (χ0) is 9.31. The number of hydrogen-bond donors (Lipinski definition) is 0. The van der Waals surface area contributed by atoms with E-state index in [0.29, 0.717) is 0 Å². The van der Waals surface area contributed by atoms with Crippen molar-refractivity contribution < 1.29 is 1.37 Å². The van der Waals surface area contributed by atoms with Gasteiger partial charge in [-0.15, -0.1) is 0 Å². The van der Waals surface area contributed by atoms with Gasteiger partial charge in [-0.3, -0.25) is 0 Å². The quantitative estimate of drug-likeness (QED) is 0.511. The van der Waals surface area contributed by atoms with Crippen LogP contribution in [0.3, 0.4) is 0 Å². The zero-order valence-corrected chi connectivity index (χ0v) is 8.31. The normalized spacial score (nSPS) is 50.6. The van der Waals surface area contributed by atoms with Crippen LogP contribution in [0.2, 0.25) is 0 Å². The molecule has 0 aromatic rings. The fraction of sp³-hybridized carbons (Fsp3) is 1.00. The molecule has 0 saturated heterocycles. The molecule has 0 spiro atoms. The van der Waals surface area contributed by atoms with Crippen molar-refractivity contribution in [2.75, 3.05) is 0 Å². The average Bonchev–Trinajstić information content (AvgIpc) is 2.09. The third kappa shape index (κ3) is 2.02. The molecule has 2 aliphatic rings. The topological polar surface area (TPSA) is 0 Å². The second-order valence-corrected chi connectivity index (χ2v) is 4.96. The van der Waals surface area contributed by atoms with Crippen molar-refractivity contribution in [1.29, 1.82) is 0 Å². The lowest BCUT2D eigenvalue weighted by molar-refractivity contribution is 0.342. The maximum Gasteiger partial charge on any atom is 0.0300 e. The van der Waals surface area contributed by atoms with Crippen molar-refractivity contribution >= 4 is 0 Å². The largest absolute Gasteiger partial charge is 0.0625 e. The summed E-state index contributed by atoms with van der Waals surface area (Å²) in [6.45, 7) is 2.16. The second-order valence-electron chi connectivity index (χ2n) is 4.96. The Labute approximate surface area is 78.1 Å². The molecule has 2 aliphatic carbocycles. The molecule has 0 heteroatoms. The van der Waals surface area contributed by atoms with Crippen molar-refractivity contribution in [1.82, 2.24) is 0 Å². The van der Waals surface area contributed by atoms with Crippen LogP contribution in [0.1, 0.15) is 59.7 Å². The predicted octanol–water partition coefficient (Wildman–Crippen LogP) is 4.00. The van der Waals surface area contributed by atoms with Crippen molar-refractivity contribution in [2.45, 2.75) is 58.3 Å².